The molecule has 2 aliphatic heterocycles. The highest BCUT2D eigenvalue weighted by atomic mass is 16.2. The number of benzene rings is 1. The number of fused-ring (bicyclic) bond motifs is 1. The largest absolute Gasteiger partial charge is 0.335 e. The SMILES string of the molecule is O=C1CCCCN1c1ccc(C(=O)N2CCC[C@@H]3CCCC[C@H]32)cc1. The zero-order valence-electron chi connectivity index (χ0n) is 15.0. The van der Waals surface area contributed by atoms with Crippen LogP contribution in [0.15, 0.2) is 24.3 Å². The van der Waals surface area contributed by atoms with E-state index < -0.39 is 0 Å². The minimum atomic E-state index is 0.174. The van der Waals surface area contributed by atoms with Gasteiger partial charge in [0.2, 0.25) is 5.91 Å². The molecule has 1 aliphatic carbocycles. The van der Waals surface area contributed by atoms with Crippen LogP contribution in [0.5, 0.6) is 0 Å². The van der Waals surface area contributed by atoms with Crippen molar-refractivity contribution in [1.29, 1.82) is 0 Å². The third kappa shape index (κ3) is 3.31. The average Bonchev–Trinajstić information content (AvgIpc) is 2.67. The molecule has 4 rings (SSSR count). The lowest BCUT2D eigenvalue weighted by Crippen LogP contribution is -2.49. The van der Waals surface area contributed by atoms with E-state index in [-0.39, 0.29) is 11.8 Å². The molecule has 0 radical (unpaired) electrons. The number of carbonyl (C=O) groups excluding carboxylic acids is 2. The molecular weight excluding hydrogens is 312 g/mol. The van der Waals surface area contributed by atoms with E-state index in [9.17, 15) is 9.59 Å². The summed E-state index contributed by atoms with van der Waals surface area (Å²) in [6, 6.07) is 8.15. The lowest BCUT2D eigenvalue weighted by atomic mass is 9.78. The number of carbonyl (C=O) groups is 2. The molecule has 3 aliphatic rings. The van der Waals surface area contributed by atoms with Crippen LogP contribution in [-0.4, -0.2) is 35.8 Å². The van der Waals surface area contributed by atoms with Gasteiger partial charge in [0.15, 0.2) is 0 Å². The third-order valence-electron chi connectivity index (χ3n) is 6.25. The number of hydrogen-bond donors (Lipinski definition) is 0. The second kappa shape index (κ2) is 7.19. The van der Waals surface area contributed by atoms with Crippen LogP contribution < -0.4 is 4.90 Å². The first-order valence-electron chi connectivity index (χ1n) is 9.95. The fraction of sp³-hybridized carbons (Fsp3) is 0.619. The summed E-state index contributed by atoms with van der Waals surface area (Å²) in [5.74, 6) is 1.08. The summed E-state index contributed by atoms with van der Waals surface area (Å²) < 4.78 is 0. The van der Waals surface area contributed by atoms with Gasteiger partial charge < -0.3 is 9.80 Å². The van der Waals surface area contributed by atoms with E-state index in [1.807, 2.05) is 29.2 Å². The Bertz CT molecular complexity index is 638. The summed E-state index contributed by atoms with van der Waals surface area (Å²) in [5.41, 5.74) is 1.69. The van der Waals surface area contributed by atoms with Crippen LogP contribution in [-0.2, 0) is 4.79 Å². The zero-order chi connectivity index (χ0) is 17.2. The molecule has 0 unspecified atom stereocenters. The van der Waals surface area contributed by atoms with Crippen LogP contribution in [0.3, 0.4) is 0 Å². The summed E-state index contributed by atoms with van der Waals surface area (Å²) in [6.45, 7) is 1.69. The maximum atomic E-state index is 13.1. The number of amides is 2. The Labute approximate surface area is 150 Å². The Kier molecular flexibility index (Phi) is 4.78. The van der Waals surface area contributed by atoms with Gasteiger partial charge in [-0.25, -0.2) is 0 Å². The fourth-order valence-corrected chi connectivity index (χ4v) is 4.91. The fourth-order valence-electron chi connectivity index (χ4n) is 4.91. The van der Waals surface area contributed by atoms with Crippen LogP contribution >= 0.6 is 0 Å². The normalized spacial score (nSPS) is 27.1. The van der Waals surface area contributed by atoms with E-state index in [0.29, 0.717) is 18.4 Å². The molecule has 2 heterocycles. The second-order valence-electron chi connectivity index (χ2n) is 7.80. The van der Waals surface area contributed by atoms with Crippen molar-refractivity contribution in [2.75, 3.05) is 18.0 Å². The van der Waals surface area contributed by atoms with Crippen molar-refractivity contribution in [3.05, 3.63) is 29.8 Å². The predicted octanol–water partition coefficient (Wildman–Crippen LogP) is 4.00. The Balaban J connectivity index is 1.49. The number of nitrogens with zero attached hydrogens (tertiary/aromatic N) is 2. The molecule has 2 amide bonds. The van der Waals surface area contributed by atoms with Gasteiger partial charge in [-0.05, 0) is 68.7 Å². The van der Waals surface area contributed by atoms with Crippen molar-refractivity contribution in [3.8, 4) is 0 Å². The van der Waals surface area contributed by atoms with E-state index in [4.69, 9.17) is 0 Å². The Hall–Kier alpha value is -1.84. The molecule has 0 N–H and O–H groups in total. The van der Waals surface area contributed by atoms with Gasteiger partial charge in [-0.15, -0.1) is 0 Å². The first-order valence-corrected chi connectivity index (χ1v) is 9.95. The topological polar surface area (TPSA) is 40.6 Å². The molecule has 2 saturated heterocycles. The highest BCUT2D eigenvalue weighted by Gasteiger charge is 2.36. The molecule has 4 heteroatoms. The van der Waals surface area contributed by atoms with Crippen molar-refractivity contribution in [2.45, 2.75) is 63.8 Å². The Morgan fingerprint density at radius 1 is 0.880 bits per heavy atom. The van der Waals surface area contributed by atoms with E-state index in [0.717, 1.165) is 50.0 Å². The molecule has 25 heavy (non-hydrogen) atoms. The van der Waals surface area contributed by atoms with E-state index in [2.05, 4.69) is 4.90 Å². The lowest BCUT2D eigenvalue weighted by molar-refractivity contribution is -0.119. The Morgan fingerprint density at radius 3 is 2.44 bits per heavy atom. The number of anilines is 1. The summed E-state index contributed by atoms with van der Waals surface area (Å²) >= 11 is 0. The summed E-state index contributed by atoms with van der Waals surface area (Å²) in [4.78, 5) is 29.1. The second-order valence-corrected chi connectivity index (χ2v) is 7.80. The first kappa shape index (κ1) is 16.6. The van der Waals surface area contributed by atoms with Gasteiger partial charge in [-0.2, -0.15) is 0 Å². The van der Waals surface area contributed by atoms with Crippen LogP contribution in [0.1, 0.15) is 68.1 Å². The third-order valence-corrected chi connectivity index (χ3v) is 6.25. The van der Waals surface area contributed by atoms with Gasteiger partial charge in [0.25, 0.3) is 5.91 Å². The average molecular weight is 340 g/mol. The van der Waals surface area contributed by atoms with Gasteiger partial charge >= 0.3 is 0 Å². The van der Waals surface area contributed by atoms with Crippen molar-refractivity contribution in [2.24, 2.45) is 5.92 Å². The maximum absolute atomic E-state index is 13.1. The minimum Gasteiger partial charge on any atom is -0.335 e. The number of hydrogen-bond acceptors (Lipinski definition) is 2. The predicted molar refractivity (Wildman–Crippen MR) is 98.7 cm³/mol. The van der Waals surface area contributed by atoms with Gasteiger partial charge in [-0.3, -0.25) is 9.59 Å². The standard InChI is InChI=1S/C21H28N2O2/c24-20-9-3-4-14-22(20)18-12-10-17(11-13-18)21(25)23-15-5-7-16-6-1-2-8-19(16)23/h10-13,16,19H,1-9,14-15H2/t16-,19+/m0/s1. The molecule has 0 bridgehead atoms. The van der Waals surface area contributed by atoms with Crippen LogP contribution in [0, 0.1) is 5.92 Å². The summed E-state index contributed by atoms with van der Waals surface area (Å²) in [6.07, 6.45) is 10.1. The molecule has 1 aromatic rings. The lowest BCUT2D eigenvalue weighted by Gasteiger charge is -2.44. The highest BCUT2D eigenvalue weighted by molar-refractivity contribution is 5.97. The van der Waals surface area contributed by atoms with Gasteiger partial charge in [0.1, 0.15) is 0 Å². The van der Waals surface area contributed by atoms with Crippen molar-refractivity contribution >= 4 is 17.5 Å². The van der Waals surface area contributed by atoms with Gasteiger partial charge in [0, 0.05) is 36.8 Å². The number of likely N-dealkylation sites (tertiary alicyclic amines) is 1. The molecule has 1 aromatic carbocycles. The molecular formula is C21H28N2O2. The molecule has 4 nitrogen and oxygen atoms in total. The number of piperidine rings is 2. The molecule has 0 spiro atoms. The Morgan fingerprint density at radius 2 is 1.64 bits per heavy atom. The molecule has 134 valence electrons. The first-order chi connectivity index (χ1) is 12.2. The van der Waals surface area contributed by atoms with E-state index in [1.54, 1.807) is 0 Å². The van der Waals surface area contributed by atoms with Crippen molar-refractivity contribution in [3.63, 3.8) is 0 Å². The van der Waals surface area contributed by atoms with Crippen molar-refractivity contribution in [1.82, 2.24) is 4.90 Å². The van der Waals surface area contributed by atoms with Gasteiger partial charge in [0.05, 0.1) is 0 Å². The monoisotopic (exact) mass is 340 g/mol. The molecule has 0 aromatic heterocycles. The maximum Gasteiger partial charge on any atom is 0.254 e. The van der Waals surface area contributed by atoms with Gasteiger partial charge in [-0.1, -0.05) is 12.8 Å². The molecule has 2 atom stereocenters. The van der Waals surface area contributed by atoms with Crippen LogP contribution in [0.4, 0.5) is 5.69 Å². The number of rotatable bonds is 2. The smallest absolute Gasteiger partial charge is 0.254 e. The van der Waals surface area contributed by atoms with Crippen molar-refractivity contribution < 1.29 is 9.59 Å². The van der Waals surface area contributed by atoms with Crippen LogP contribution in [0.25, 0.3) is 0 Å². The van der Waals surface area contributed by atoms with E-state index >= 15 is 0 Å². The highest BCUT2D eigenvalue weighted by Crippen LogP contribution is 2.36. The minimum absolute atomic E-state index is 0.174. The quantitative estimate of drug-likeness (QED) is 0.816. The summed E-state index contributed by atoms with van der Waals surface area (Å²) in [7, 11) is 0. The summed E-state index contributed by atoms with van der Waals surface area (Å²) in [5, 5.41) is 0. The zero-order valence-corrected chi connectivity index (χ0v) is 15.0. The molecule has 3 fully saturated rings. The van der Waals surface area contributed by atoms with Crippen LogP contribution in [0.2, 0.25) is 0 Å². The molecule has 1 saturated carbocycles. The van der Waals surface area contributed by atoms with E-state index in [1.165, 1.54) is 25.7 Å².